The Morgan fingerprint density at radius 2 is 2.26 bits per heavy atom. The molecule has 3 amide bonds. The van der Waals surface area contributed by atoms with Gasteiger partial charge in [-0.15, -0.1) is 6.58 Å². The molecule has 19 heavy (non-hydrogen) atoms. The van der Waals surface area contributed by atoms with Gasteiger partial charge in [-0.1, -0.05) is 6.08 Å². The summed E-state index contributed by atoms with van der Waals surface area (Å²) in [5.74, 6) is -0.246. The van der Waals surface area contributed by atoms with Gasteiger partial charge in [0.1, 0.15) is 0 Å². The number of hydrogen-bond donors (Lipinski definition) is 3. The van der Waals surface area contributed by atoms with Crippen LogP contribution in [0.2, 0.25) is 0 Å². The van der Waals surface area contributed by atoms with Crippen LogP contribution in [0.15, 0.2) is 12.7 Å². The number of amides is 3. The van der Waals surface area contributed by atoms with E-state index in [9.17, 15) is 9.59 Å². The van der Waals surface area contributed by atoms with Gasteiger partial charge in [-0.05, 0) is 31.3 Å². The molecule has 2 rings (SSSR count). The molecule has 2 fully saturated rings. The molecule has 0 aromatic carbocycles. The van der Waals surface area contributed by atoms with Crippen molar-refractivity contribution < 1.29 is 9.59 Å². The highest BCUT2D eigenvalue weighted by molar-refractivity contribution is 5.95. The van der Waals surface area contributed by atoms with E-state index in [1.165, 1.54) is 6.42 Å². The molecule has 0 aromatic heterocycles. The van der Waals surface area contributed by atoms with Gasteiger partial charge in [-0.3, -0.25) is 15.0 Å². The largest absolute Gasteiger partial charge is 0.334 e. The van der Waals surface area contributed by atoms with Crippen LogP contribution in [0.4, 0.5) is 4.79 Å². The Bertz CT molecular complexity index is 364. The summed E-state index contributed by atoms with van der Waals surface area (Å²) in [7, 11) is 0. The zero-order valence-electron chi connectivity index (χ0n) is 11.2. The fourth-order valence-electron chi connectivity index (χ4n) is 2.88. The maximum absolute atomic E-state index is 11.7. The van der Waals surface area contributed by atoms with Crippen molar-refractivity contribution in [2.45, 2.75) is 12.8 Å². The van der Waals surface area contributed by atoms with Crippen molar-refractivity contribution in [2.75, 3.05) is 39.3 Å². The monoisotopic (exact) mass is 266 g/mol. The van der Waals surface area contributed by atoms with Gasteiger partial charge in [0.05, 0.1) is 6.54 Å². The molecule has 3 N–H and O–H groups in total. The highest BCUT2D eigenvalue weighted by atomic mass is 16.2. The zero-order valence-corrected chi connectivity index (χ0v) is 11.2. The molecule has 0 aliphatic carbocycles. The van der Waals surface area contributed by atoms with Crippen molar-refractivity contribution in [2.24, 2.45) is 5.41 Å². The standard InChI is InChI=1S/C13H22N4O2/c1-2-5-15-12(19)16-11(18)8-17-7-4-13(10-17)3-6-14-9-13/h2,14H,1,3-10H2,(H2,15,16,18,19). The molecule has 0 saturated carbocycles. The van der Waals surface area contributed by atoms with Gasteiger partial charge >= 0.3 is 6.03 Å². The van der Waals surface area contributed by atoms with Gasteiger partial charge in [0, 0.05) is 19.6 Å². The van der Waals surface area contributed by atoms with E-state index in [-0.39, 0.29) is 5.91 Å². The second-order valence-electron chi connectivity index (χ2n) is 5.43. The maximum Gasteiger partial charge on any atom is 0.321 e. The second-order valence-corrected chi connectivity index (χ2v) is 5.43. The quantitative estimate of drug-likeness (QED) is 0.610. The van der Waals surface area contributed by atoms with Crippen LogP contribution >= 0.6 is 0 Å². The average molecular weight is 266 g/mol. The molecular formula is C13H22N4O2. The molecule has 2 saturated heterocycles. The lowest BCUT2D eigenvalue weighted by Crippen LogP contribution is -2.44. The van der Waals surface area contributed by atoms with Gasteiger partial charge in [0.25, 0.3) is 0 Å². The summed E-state index contributed by atoms with van der Waals surface area (Å²) in [4.78, 5) is 25.2. The highest BCUT2D eigenvalue weighted by Crippen LogP contribution is 2.35. The molecule has 6 heteroatoms. The van der Waals surface area contributed by atoms with Gasteiger partial charge in [-0.25, -0.2) is 4.79 Å². The Labute approximate surface area is 113 Å². The number of hydrogen-bond acceptors (Lipinski definition) is 4. The minimum absolute atomic E-state index is 0.246. The lowest BCUT2D eigenvalue weighted by molar-refractivity contribution is -0.121. The topological polar surface area (TPSA) is 73.5 Å². The third-order valence-electron chi connectivity index (χ3n) is 3.88. The Kier molecular flexibility index (Phi) is 4.55. The van der Waals surface area contributed by atoms with Crippen LogP contribution in [-0.4, -0.2) is 56.1 Å². The number of urea groups is 1. The molecule has 0 radical (unpaired) electrons. The third-order valence-corrected chi connectivity index (χ3v) is 3.88. The van der Waals surface area contributed by atoms with Gasteiger partial charge in [0.15, 0.2) is 0 Å². The maximum atomic E-state index is 11.7. The van der Waals surface area contributed by atoms with E-state index in [0.29, 0.717) is 18.5 Å². The average Bonchev–Trinajstić information content (AvgIpc) is 2.98. The number of imide groups is 1. The smallest absolute Gasteiger partial charge is 0.321 e. The summed E-state index contributed by atoms with van der Waals surface area (Å²) in [6.45, 7) is 8.15. The molecule has 106 valence electrons. The van der Waals surface area contributed by atoms with E-state index in [2.05, 4.69) is 27.4 Å². The summed E-state index contributed by atoms with van der Waals surface area (Å²) in [6, 6.07) is -0.457. The SMILES string of the molecule is C=CCNC(=O)NC(=O)CN1CCC2(CCNC2)C1. The van der Waals surface area contributed by atoms with Crippen molar-refractivity contribution in [3.8, 4) is 0 Å². The van der Waals surface area contributed by atoms with E-state index in [1.807, 2.05) is 0 Å². The second kappa shape index (κ2) is 6.16. The minimum Gasteiger partial charge on any atom is -0.334 e. The van der Waals surface area contributed by atoms with Crippen molar-refractivity contribution in [3.05, 3.63) is 12.7 Å². The molecule has 1 spiro atoms. The summed E-state index contributed by atoms with van der Waals surface area (Å²) in [6.07, 6.45) is 3.89. The molecule has 0 bridgehead atoms. The predicted molar refractivity (Wildman–Crippen MR) is 72.7 cm³/mol. The lowest BCUT2D eigenvalue weighted by Gasteiger charge is -2.22. The van der Waals surface area contributed by atoms with E-state index < -0.39 is 6.03 Å². The Morgan fingerprint density at radius 1 is 1.42 bits per heavy atom. The number of rotatable bonds is 4. The van der Waals surface area contributed by atoms with Gasteiger partial charge in [-0.2, -0.15) is 0 Å². The molecule has 2 heterocycles. The van der Waals surface area contributed by atoms with E-state index in [4.69, 9.17) is 0 Å². The highest BCUT2D eigenvalue weighted by Gasteiger charge is 2.40. The van der Waals surface area contributed by atoms with Crippen molar-refractivity contribution in [1.82, 2.24) is 20.9 Å². The van der Waals surface area contributed by atoms with Crippen LogP contribution in [0, 0.1) is 5.41 Å². The molecule has 2 aliphatic rings. The fraction of sp³-hybridized carbons (Fsp3) is 0.692. The molecular weight excluding hydrogens is 244 g/mol. The van der Waals surface area contributed by atoms with E-state index >= 15 is 0 Å². The minimum atomic E-state index is -0.457. The normalized spacial score (nSPS) is 26.5. The number of nitrogens with zero attached hydrogens (tertiary/aromatic N) is 1. The summed E-state index contributed by atoms with van der Waals surface area (Å²) in [5.41, 5.74) is 0.353. The molecule has 1 unspecified atom stereocenters. The number of likely N-dealkylation sites (tertiary alicyclic amines) is 1. The van der Waals surface area contributed by atoms with Crippen LogP contribution in [0.3, 0.4) is 0 Å². The zero-order chi connectivity index (χ0) is 13.7. The van der Waals surface area contributed by atoms with Crippen LogP contribution in [-0.2, 0) is 4.79 Å². The van der Waals surface area contributed by atoms with Crippen LogP contribution in [0.1, 0.15) is 12.8 Å². The predicted octanol–water partition coefficient (Wildman–Crippen LogP) is -0.316. The van der Waals surface area contributed by atoms with Gasteiger partial charge in [0.2, 0.25) is 5.91 Å². The summed E-state index contributed by atoms with van der Waals surface area (Å²) < 4.78 is 0. The van der Waals surface area contributed by atoms with Crippen molar-refractivity contribution >= 4 is 11.9 Å². The first-order valence-corrected chi connectivity index (χ1v) is 6.75. The van der Waals surface area contributed by atoms with Crippen molar-refractivity contribution in [3.63, 3.8) is 0 Å². The van der Waals surface area contributed by atoms with Crippen LogP contribution < -0.4 is 16.0 Å². The summed E-state index contributed by atoms with van der Waals surface area (Å²) >= 11 is 0. The Hall–Kier alpha value is -1.40. The summed E-state index contributed by atoms with van der Waals surface area (Å²) in [5, 5.41) is 8.23. The Balaban J connectivity index is 1.71. The first kappa shape index (κ1) is 14.0. The molecule has 2 aliphatic heterocycles. The third kappa shape index (κ3) is 3.78. The first-order valence-electron chi connectivity index (χ1n) is 6.75. The molecule has 6 nitrogen and oxygen atoms in total. The van der Waals surface area contributed by atoms with E-state index in [1.54, 1.807) is 6.08 Å². The lowest BCUT2D eigenvalue weighted by atomic mass is 9.87. The van der Waals surface area contributed by atoms with Crippen LogP contribution in [0.25, 0.3) is 0 Å². The molecule has 1 atom stereocenters. The number of carbonyl (C=O) groups is 2. The first-order chi connectivity index (χ1) is 9.13. The molecule has 0 aromatic rings. The number of nitrogens with one attached hydrogen (secondary N) is 3. The fourth-order valence-corrected chi connectivity index (χ4v) is 2.88. The Morgan fingerprint density at radius 3 is 2.95 bits per heavy atom. The van der Waals surface area contributed by atoms with Crippen molar-refractivity contribution in [1.29, 1.82) is 0 Å². The van der Waals surface area contributed by atoms with Gasteiger partial charge < -0.3 is 10.6 Å². The number of carbonyl (C=O) groups excluding carboxylic acids is 2. The van der Waals surface area contributed by atoms with Crippen LogP contribution in [0.5, 0.6) is 0 Å². The van der Waals surface area contributed by atoms with E-state index in [0.717, 1.165) is 32.6 Å².